The van der Waals surface area contributed by atoms with Crippen LogP contribution in [-0.4, -0.2) is 27.2 Å². The number of carbonyl (C=O) groups is 1. The number of nitrogens with zero attached hydrogens (tertiary/aromatic N) is 1. The second-order valence-corrected chi connectivity index (χ2v) is 7.05. The maximum atomic E-state index is 13.6. The highest BCUT2D eigenvalue weighted by Crippen LogP contribution is 2.47. The molecule has 154 valence electrons. The predicted octanol–water partition coefficient (Wildman–Crippen LogP) is 5.14. The number of hydrogen-bond donors (Lipinski definition) is 1. The minimum absolute atomic E-state index is 0.167. The summed E-state index contributed by atoms with van der Waals surface area (Å²) >= 11 is 6.49. The van der Waals surface area contributed by atoms with Gasteiger partial charge in [0.15, 0.2) is 11.5 Å². The summed E-state index contributed by atoms with van der Waals surface area (Å²) in [5.74, 6) is 1.28. The van der Waals surface area contributed by atoms with Crippen molar-refractivity contribution in [1.29, 1.82) is 0 Å². The number of amides is 1. The van der Waals surface area contributed by atoms with Gasteiger partial charge in [0, 0.05) is 11.3 Å². The number of carbonyl (C=O) groups excluding carboxylic acids is 1. The summed E-state index contributed by atoms with van der Waals surface area (Å²) in [7, 11) is 4.66. The first-order valence-electron chi connectivity index (χ1n) is 9.33. The van der Waals surface area contributed by atoms with Crippen molar-refractivity contribution in [1.82, 2.24) is 0 Å². The molecule has 0 bridgehead atoms. The van der Waals surface area contributed by atoms with Gasteiger partial charge in [-0.15, -0.1) is 0 Å². The predicted molar refractivity (Wildman–Crippen MR) is 117 cm³/mol. The summed E-state index contributed by atoms with van der Waals surface area (Å²) in [6.07, 6.45) is -0.581. The smallest absolute Gasteiger partial charge is 0.262 e. The van der Waals surface area contributed by atoms with Gasteiger partial charge in [-0.1, -0.05) is 35.9 Å². The molecule has 30 heavy (non-hydrogen) atoms. The topological polar surface area (TPSA) is 60.0 Å². The number of hydrogen-bond acceptors (Lipinski definition) is 5. The fraction of sp³-hybridized carbons (Fsp3) is 0.174. The highest BCUT2D eigenvalue weighted by molar-refractivity contribution is 6.34. The Morgan fingerprint density at radius 2 is 1.57 bits per heavy atom. The lowest BCUT2D eigenvalue weighted by molar-refractivity contribution is 0.0974. The molecule has 6 nitrogen and oxygen atoms in total. The summed E-state index contributed by atoms with van der Waals surface area (Å²) < 4.78 is 16.6. The molecular weight excluding hydrogens is 404 g/mol. The number of methoxy groups -OCH3 is 3. The van der Waals surface area contributed by atoms with E-state index < -0.39 is 6.17 Å². The zero-order chi connectivity index (χ0) is 21.3. The molecule has 0 spiro atoms. The first-order chi connectivity index (χ1) is 14.6. The van der Waals surface area contributed by atoms with Crippen molar-refractivity contribution in [2.75, 3.05) is 31.5 Å². The molecule has 1 amide bonds. The molecule has 4 rings (SSSR count). The largest absolute Gasteiger partial charge is 0.493 e. The van der Waals surface area contributed by atoms with Gasteiger partial charge in [-0.2, -0.15) is 0 Å². The van der Waals surface area contributed by atoms with Gasteiger partial charge in [-0.3, -0.25) is 9.69 Å². The zero-order valence-corrected chi connectivity index (χ0v) is 17.6. The van der Waals surface area contributed by atoms with Gasteiger partial charge in [0.1, 0.15) is 6.17 Å². The van der Waals surface area contributed by atoms with Crippen LogP contribution in [0.4, 0.5) is 11.4 Å². The molecule has 0 fully saturated rings. The van der Waals surface area contributed by atoms with Gasteiger partial charge in [-0.05, 0) is 36.4 Å². The highest BCUT2D eigenvalue weighted by Gasteiger charge is 2.37. The van der Waals surface area contributed by atoms with Crippen LogP contribution in [0.15, 0.2) is 60.7 Å². The average molecular weight is 425 g/mol. The number of rotatable bonds is 5. The summed E-state index contributed by atoms with van der Waals surface area (Å²) in [6.45, 7) is 0. The van der Waals surface area contributed by atoms with E-state index in [4.69, 9.17) is 25.8 Å². The van der Waals surface area contributed by atoms with Crippen LogP contribution in [0.3, 0.4) is 0 Å². The Morgan fingerprint density at radius 3 is 2.27 bits per heavy atom. The van der Waals surface area contributed by atoms with Gasteiger partial charge in [0.2, 0.25) is 5.75 Å². The van der Waals surface area contributed by atoms with Crippen LogP contribution in [0, 0.1) is 0 Å². The quantitative estimate of drug-likeness (QED) is 0.614. The number of anilines is 2. The van der Waals surface area contributed by atoms with Crippen molar-refractivity contribution >= 4 is 28.9 Å². The Balaban J connectivity index is 1.95. The highest BCUT2D eigenvalue weighted by atomic mass is 35.5. The van der Waals surface area contributed by atoms with Gasteiger partial charge >= 0.3 is 0 Å². The standard InChI is InChI=1S/C23H21ClN2O4/c1-28-19-13-12-15(20(29-2)21(19)30-3)22-25-17-10-6-4-8-14(17)23(27)26(22)18-11-7-5-9-16(18)24/h4-13,22,25H,1-3H3/t22-/m1/s1. The molecule has 0 saturated carbocycles. The van der Waals surface area contributed by atoms with Gasteiger partial charge < -0.3 is 19.5 Å². The van der Waals surface area contributed by atoms with E-state index in [-0.39, 0.29) is 5.91 Å². The second-order valence-electron chi connectivity index (χ2n) is 6.64. The Morgan fingerprint density at radius 1 is 0.867 bits per heavy atom. The Labute approximate surface area is 179 Å². The number of nitrogens with one attached hydrogen (secondary N) is 1. The van der Waals surface area contributed by atoms with E-state index >= 15 is 0 Å². The summed E-state index contributed by atoms with van der Waals surface area (Å²) in [5, 5.41) is 3.92. The van der Waals surface area contributed by atoms with Crippen molar-refractivity contribution in [3.05, 3.63) is 76.8 Å². The van der Waals surface area contributed by atoms with Crippen LogP contribution >= 0.6 is 11.6 Å². The van der Waals surface area contributed by atoms with E-state index in [0.717, 1.165) is 5.69 Å². The third kappa shape index (κ3) is 3.19. The van der Waals surface area contributed by atoms with Crippen LogP contribution in [0.2, 0.25) is 5.02 Å². The normalized spacial score (nSPS) is 15.3. The molecular formula is C23H21ClN2O4. The Hall–Kier alpha value is -3.38. The molecule has 1 N–H and O–H groups in total. The van der Waals surface area contributed by atoms with Gasteiger partial charge in [0.25, 0.3) is 5.91 Å². The van der Waals surface area contributed by atoms with E-state index in [9.17, 15) is 4.79 Å². The van der Waals surface area contributed by atoms with Crippen LogP contribution in [0.25, 0.3) is 0 Å². The lowest BCUT2D eigenvalue weighted by Gasteiger charge is -2.39. The molecule has 0 aliphatic carbocycles. The van der Waals surface area contributed by atoms with Crippen LogP contribution < -0.4 is 24.4 Å². The Kier molecular flexibility index (Phi) is 5.42. The molecule has 0 unspecified atom stereocenters. The minimum Gasteiger partial charge on any atom is -0.493 e. The van der Waals surface area contributed by atoms with Crippen molar-refractivity contribution in [3.63, 3.8) is 0 Å². The van der Waals surface area contributed by atoms with E-state index in [0.29, 0.717) is 39.1 Å². The van der Waals surface area contributed by atoms with E-state index in [1.165, 1.54) is 0 Å². The molecule has 1 heterocycles. The first kappa shape index (κ1) is 19.9. The average Bonchev–Trinajstić information content (AvgIpc) is 2.78. The maximum Gasteiger partial charge on any atom is 0.262 e. The van der Waals surface area contributed by atoms with E-state index in [2.05, 4.69) is 5.32 Å². The monoisotopic (exact) mass is 424 g/mol. The first-order valence-corrected chi connectivity index (χ1v) is 9.71. The van der Waals surface area contributed by atoms with Crippen molar-refractivity contribution < 1.29 is 19.0 Å². The number of ether oxygens (including phenoxy) is 3. The van der Waals surface area contributed by atoms with Gasteiger partial charge in [-0.25, -0.2) is 0 Å². The molecule has 7 heteroatoms. The molecule has 0 aromatic heterocycles. The third-order valence-corrected chi connectivity index (χ3v) is 5.39. The second kappa shape index (κ2) is 8.16. The maximum absolute atomic E-state index is 13.6. The van der Waals surface area contributed by atoms with Crippen molar-refractivity contribution in [2.24, 2.45) is 0 Å². The summed E-state index contributed by atoms with van der Waals surface area (Å²) in [6, 6.07) is 18.3. The van der Waals surface area contributed by atoms with Crippen molar-refractivity contribution in [3.8, 4) is 17.2 Å². The van der Waals surface area contributed by atoms with Crippen molar-refractivity contribution in [2.45, 2.75) is 6.17 Å². The SMILES string of the molecule is COc1ccc([C@@H]2Nc3ccccc3C(=O)N2c2ccccc2Cl)c(OC)c1OC. The summed E-state index contributed by atoms with van der Waals surface area (Å²) in [4.78, 5) is 15.2. The van der Waals surface area contributed by atoms with Crippen LogP contribution in [0.5, 0.6) is 17.2 Å². The minimum atomic E-state index is -0.581. The number of halogens is 1. The van der Waals surface area contributed by atoms with E-state index in [1.54, 1.807) is 44.4 Å². The number of benzene rings is 3. The summed E-state index contributed by atoms with van der Waals surface area (Å²) in [5.41, 5.74) is 2.59. The number of para-hydroxylation sites is 2. The molecule has 1 atom stereocenters. The number of fused-ring (bicyclic) bond motifs is 1. The fourth-order valence-electron chi connectivity index (χ4n) is 3.71. The van der Waals surface area contributed by atoms with E-state index in [1.807, 2.05) is 42.5 Å². The fourth-order valence-corrected chi connectivity index (χ4v) is 3.93. The lowest BCUT2D eigenvalue weighted by atomic mass is 10.0. The molecule has 3 aromatic rings. The molecule has 0 radical (unpaired) electrons. The molecule has 1 aliphatic rings. The van der Waals surface area contributed by atoms with Gasteiger partial charge in [0.05, 0.1) is 37.6 Å². The van der Waals surface area contributed by atoms with Crippen LogP contribution in [-0.2, 0) is 0 Å². The molecule has 1 aliphatic heterocycles. The zero-order valence-electron chi connectivity index (χ0n) is 16.8. The van der Waals surface area contributed by atoms with Crippen LogP contribution in [0.1, 0.15) is 22.1 Å². The third-order valence-electron chi connectivity index (χ3n) is 5.07. The lowest BCUT2D eigenvalue weighted by Crippen LogP contribution is -2.43. The molecule has 0 saturated heterocycles. The Bertz CT molecular complexity index is 1100. The molecule has 3 aromatic carbocycles.